The van der Waals surface area contributed by atoms with Crippen LogP contribution in [-0.2, 0) is 4.74 Å². The van der Waals surface area contributed by atoms with Gasteiger partial charge in [0.2, 0.25) is 0 Å². The van der Waals surface area contributed by atoms with E-state index in [1.165, 1.54) is 11.5 Å². The van der Waals surface area contributed by atoms with Gasteiger partial charge in [-0.25, -0.2) is 0 Å². The molecule has 5 heteroatoms. The molecule has 2 heterocycles. The molecule has 0 amide bonds. The van der Waals surface area contributed by atoms with Crippen LogP contribution in [0.4, 0.5) is 0 Å². The van der Waals surface area contributed by atoms with Gasteiger partial charge in [0, 0.05) is 11.8 Å². The van der Waals surface area contributed by atoms with Gasteiger partial charge in [-0.3, -0.25) is 0 Å². The van der Waals surface area contributed by atoms with E-state index in [2.05, 4.69) is 10.4 Å². The lowest BCUT2D eigenvalue weighted by Gasteiger charge is -2.33. The Hall–Kier alpha value is -0.510. The van der Waals surface area contributed by atoms with Crippen LogP contribution in [0.1, 0.15) is 24.5 Å². The highest BCUT2D eigenvalue weighted by Crippen LogP contribution is 2.45. The molecule has 0 N–H and O–H groups in total. The highest BCUT2D eigenvalue weighted by molar-refractivity contribution is 7.11. The van der Waals surface area contributed by atoms with E-state index >= 15 is 0 Å². The van der Waals surface area contributed by atoms with Crippen LogP contribution in [0.5, 0.6) is 0 Å². The molecule has 0 bridgehead atoms. The molecule has 0 radical (unpaired) electrons. The fourth-order valence-electron chi connectivity index (χ4n) is 2.48. The number of halogens is 2. The topological polar surface area (TPSA) is 22.1 Å². The van der Waals surface area contributed by atoms with Crippen LogP contribution < -0.4 is 0 Å². The number of hydrogen-bond acceptors (Lipinski definition) is 3. The summed E-state index contributed by atoms with van der Waals surface area (Å²) in [7, 11) is 0. The van der Waals surface area contributed by atoms with E-state index in [1.54, 1.807) is 0 Å². The molecule has 1 aliphatic heterocycles. The molecule has 1 saturated heterocycles. The van der Waals surface area contributed by atoms with E-state index in [0.29, 0.717) is 21.2 Å². The Balaban J connectivity index is 1.95. The van der Waals surface area contributed by atoms with Gasteiger partial charge in [0.1, 0.15) is 4.34 Å². The third-order valence-electron chi connectivity index (χ3n) is 3.31. The molecular weight excluding hydrogens is 277 g/mol. The smallest absolute Gasteiger partial charge is 0.132 e. The molecular formula is C12H11Cl2NOS. The third-order valence-corrected chi connectivity index (χ3v) is 4.95. The maximum absolute atomic E-state index is 6.21. The summed E-state index contributed by atoms with van der Waals surface area (Å²) >= 11 is 13.5. The van der Waals surface area contributed by atoms with Crippen LogP contribution in [-0.4, -0.2) is 11.0 Å². The largest absolute Gasteiger partial charge is 0.498 e. The summed E-state index contributed by atoms with van der Waals surface area (Å²) in [5.41, 5.74) is 0.941. The van der Waals surface area contributed by atoms with Crippen molar-refractivity contribution < 1.29 is 4.74 Å². The molecule has 17 heavy (non-hydrogen) atoms. The van der Waals surface area contributed by atoms with Gasteiger partial charge in [-0.2, -0.15) is 4.37 Å². The van der Waals surface area contributed by atoms with E-state index in [0.717, 1.165) is 30.9 Å². The van der Waals surface area contributed by atoms with Gasteiger partial charge in [-0.1, -0.05) is 35.4 Å². The SMILES string of the molecule is Clc1snc(C2CCOC3=CC=CCC32)c1Cl. The van der Waals surface area contributed by atoms with Gasteiger partial charge in [-0.05, 0) is 30.5 Å². The van der Waals surface area contributed by atoms with E-state index < -0.39 is 0 Å². The summed E-state index contributed by atoms with van der Waals surface area (Å²) in [6.07, 6.45) is 8.20. The van der Waals surface area contributed by atoms with Gasteiger partial charge >= 0.3 is 0 Å². The molecule has 0 spiro atoms. The van der Waals surface area contributed by atoms with Crippen LogP contribution in [0.2, 0.25) is 9.36 Å². The van der Waals surface area contributed by atoms with Crippen molar-refractivity contribution >= 4 is 34.7 Å². The van der Waals surface area contributed by atoms with Crippen molar-refractivity contribution in [2.24, 2.45) is 5.92 Å². The Labute approximate surface area is 114 Å². The highest BCUT2D eigenvalue weighted by Gasteiger charge is 2.34. The molecule has 1 fully saturated rings. The first-order valence-corrected chi connectivity index (χ1v) is 7.10. The van der Waals surface area contributed by atoms with Gasteiger partial charge in [0.15, 0.2) is 0 Å². The van der Waals surface area contributed by atoms with E-state index in [9.17, 15) is 0 Å². The van der Waals surface area contributed by atoms with Crippen molar-refractivity contribution in [2.45, 2.75) is 18.8 Å². The summed E-state index contributed by atoms with van der Waals surface area (Å²) < 4.78 is 10.7. The Morgan fingerprint density at radius 3 is 3.00 bits per heavy atom. The molecule has 2 unspecified atom stereocenters. The Morgan fingerprint density at radius 2 is 2.24 bits per heavy atom. The molecule has 3 rings (SSSR count). The van der Waals surface area contributed by atoms with Gasteiger partial charge in [0.25, 0.3) is 0 Å². The highest BCUT2D eigenvalue weighted by atomic mass is 35.5. The fourth-order valence-corrected chi connectivity index (χ4v) is 3.60. The number of hydrogen-bond donors (Lipinski definition) is 0. The Kier molecular flexibility index (Phi) is 3.16. The van der Waals surface area contributed by atoms with Crippen LogP contribution in [0.15, 0.2) is 24.0 Å². The molecule has 0 saturated carbocycles. The van der Waals surface area contributed by atoms with Crippen LogP contribution in [0, 0.1) is 5.92 Å². The second kappa shape index (κ2) is 4.63. The number of allylic oxidation sites excluding steroid dienone is 4. The predicted molar refractivity (Wildman–Crippen MR) is 70.8 cm³/mol. The van der Waals surface area contributed by atoms with Crippen molar-refractivity contribution in [3.8, 4) is 0 Å². The predicted octanol–water partition coefficient (Wildman–Crippen LogP) is 4.41. The van der Waals surface area contributed by atoms with Crippen molar-refractivity contribution in [2.75, 3.05) is 6.61 Å². The summed E-state index contributed by atoms with van der Waals surface area (Å²) in [5.74, 6) is 1.75. The molecule has 1 aromatic rings. The summed E-state index contributed by atoms with van der Waals surface area (Å²) in [6.45, 7) is 0.728. The van der Waals surface area contributed by atoms with Gasteiger partial charge < -0.3 is 4.74 Å². The third kappa shape index (κ3) is 2.01. The van der Waals surface area contributed by atoms with Gasteiger partial charge in [0.05, 0.1) is 23.1 Å². The molecule has 1 aliphatic carbocycles. The molecule has 2 atom stereocenters. The quantitative estimate of drug-likeness (QED) is 0.763. The first-order chi connectivity index (χ1) is 8.27. The maximum atomic E-state index is 6.21. The standard InChI is InChI=1S/C12H11Cl2NOS/c13-10-11(15-17-12(10)14)8-5-6-16-9-4-2-1-3-7(8)9/h1-2,4,7-8H,3,5-6H2. The summed E-state index contributed by atoms with van der Waals surface area (Å²) in [5, 5.41) is 0.623. The number of rotatable bonds is 1. The Morgan fingerprint density at radius 1 is 1.35 bits per heavy atom. The minimum Gasteiger partial charge on any atom is -0.498 e. The lowest BCUT2D eigenvalue weighted by molar-refractivity contribution is 0.109. The minimum absolute atomic E-state index is 0.330. The average molecular weight is 288 g/mol. The Bertz CT molecular complexity index is 495. The average Bonchev–Trinajstić information content (AvgIpc) is 2.69. The second-order valence-corrected chi connectivity index (χ2v) is 5.99. The minimum atomic E-state index is 0.330. The van der Waals surface area contributed by atoms with E-state index in [1.807, 2.05) is 12.2 Å². The maximum Gasteiger partial charge on any atom is 0.132 e. The normalized spacial score (nSPS) is 27.3. The molecule has 2 aliphatic rings. The zero-order valence-electron chi connectivity index (χ0n) is 9.03. The van der Waals surface area contributed by atoms with Gasteiger partial charge in [-0.15, -0.1) is 0 Å². The van der Waals surface area contributed by atoms with E-state index in [4.69, 9.17) is 27.9 Å². The van der Waals surface area contributed by atoms with Crippen molar-refractivity contribution in [3.05, 3.63) is 39.0 Å². The molecule has 0 aromatic carbocycles. The number of nitrogens with zero attached hydrogens (tertiary/aromatic N) is 1. The fraction of sp³-hybridized carbons (Fsp3) is 0.417. The lowest BCUT2D eigenvalue weighted by Crippen LogP contribution is -2.25. The molecule has 2 nitrogen and oxygen atoms in total. The molecule has 1 aromatic heterocycles. The first-order valence-electron chi connectivity index (χ1n) is 5.57. The molecule has 90 valence electrons. The number of fused-ring (bicyclic) bond motifs is 1. The monoisotopic (exact) mass is 287 g/mol. The van der Waals surface area contributed by atoms with E-state index in [-0.39, 0.29) is 0 Å². The van der Waals surface area contributed by atoms with Crippen molar-refractivity contribution in [3.63, 3.8) is 0 Å². The van der Waals surface area contributed by atoms with Crippen LogP contribution >= 0.6 is 34.7 Å². The second-order valence-electron chi connectivity index (χ2n) is 4.24. The number of aromatic nitrogens is 1. The van der Waals surface area contributed by atoms with Crippen LogP contribution in [0.25, 0.3) is 0 Å². The zero-order valence-corrected chi connectivity index (χ0v) is 11.4. The summed E-state index contributed by atoms with van der Waals surface area (Å²) in [6, 6.07) is 0. The number of ether oxygens (including phenoxy) is 1. The first kappa shape index (κ1) is 11.6. The zero-order chi connectivity index (χ0) is 11.8. The lowest BCUT2D eigenvalue weighted by atomic mass is 9.80. The van der Waals surface area contributed by atoms with Crippen molar-refractivity contribution in [1.29, 1.82) is 0 Å². The van der Waals surface area contributed by atoms with Crippen LogP contribution in [0.3, 0.4) is 0 Å². The summed E-state index contributed by atoms with van der Waals surface area (Å²) in [4.78, 5) is 0. The van der Waals surface area contributed by atoms with Crippen molar-refractivity contribution in [1.82, 2.24) is 4.37 Å².